The first-order chi connectivity index (χ1) is 9.08. The predicted molar refractivity (Wildman–Crippen MR) is 75.6 cm³/mol. The van der Waals surface area contributed by atoms with Crippen LogP contribution in [-0.2, 0) is 0 Å². The molecule has 2 aromatic rings. The number of hydrogen-bond acceptors (Lipinski definition) is 3. The van der Waals surface area contributed by atoms with E-state index >= 15 is 0 Å². The topological polar surface area (TPSA) is 50.4 Å². The fourth-order valence-electron chi connectivity index (χ4n) is 2.24. The van der Waals surface area contributed by atoms with Gasteiger partial charge in [-0.3, -0.25) is 4.79 Å². The molecule has 1 aromatic carbocycles. The molecule has 2 rings (SSSR count). The van der Waals surface area contributed by atoms with Crippen molar-refractivity contribution < 1.29 is 14.3 Å². The van der Waals surface area contributed by atoms with E-state index in [2.05, 4.69) is 0 Å². The molecule has 4 heteroatoms. The van der Waals surface area contributed by atoms with Gasteiger partial charge >= 0.3 is 0 Å². The van der Waals surface area contributed by atoms with Crippen LogP contribution in [0.25, 0.3) is 11.0 Å². The minimum absolute atomic E-state index is 0.0452. The van der Waals surface area contributed by atoms with Gasteiger partial charge in [0, 0.05) is 5.39 Å². The van der Waals surface area contributed by atoms with Crippen LogP contribution < -0.4 is 0 Å². The Bertz CT molecular complexity index is 584. The average molecular weight is 281 g/mol. The molecule has 0 spiro atoms. The normalized spacial score (nSPS) is 13.1. The Labute approximate surface area is 117 Å². The van der Waals surface area contributed by atoms with Gasteiger partial charge in [0.15, 0.2) is 11.3 Å². The van der Waals surface area contributed by atoms with E-state index in [9.17, 15) is 9.90 Å². The highest BCUT2D eigenvalue weighted by molar-refractivity contribution is 6.34. The average Bonchev–Trinajstić information content (AvgIpc) is 2.84. The summed E-state index contributed by atoms with van der Waals surface area (Å²) in [5.74, 6) is -0.250. The van der Waals surface area contributed by atoms with Crippen molar-refractivity contribution in [3.8, 4) is 0 Å². The van der Waals surface area contributed by atoms with E-state index in [1.807, 2.05) is 19.9 Å². The van der Waals surface area contributed by atoms with Crippen molar-refractivity contribution in [2.75, 3.05) is 0 Å². The molecule has 3 nitrogen and oxygen atoms in total. The molecule has 0 saturated heterocycles. The predicted octanol–water partition coefficient (Wildman–Crippen LogP) is 4.07. The summed E-state index contributed by atoms with van der Waals surface area (Å²) in [6.07, 6.45) is 0.490. The summed E-state index contributed by atoms with van der Waals surface area (Å²) in [5, 5.41) is 11.3. The lowest BCUT2D eigenvalue weighted by molar-refractivity contribution is 0.0562. The molecule has 1 atom stereocenters. The van der Waals surface area contributed by atoms with E-state index in [4.69, 9.17) is 16.0 Å². The number of furan rings is 1. The van der Waals surface area contributed by atoms with Crippen LogP contribution in [0.15, 0.2) is 28.7 Å². The summed E-state index contributed by atoms with van der Waals surface area (Å²) in [6.45, 7) is 3.92. The molecule has 0 radical (unpaired) electrons. The lowest BCUT2D eigenvalue weighted by Gasteiger charge is -2.17. The van der Waals surface area contributed by atoms with Crippen molar-refractivity contribution in [2.24, 2.45) is 5.92 Å². The molecular formula is C15H17ClO3. The minimum atomic E-state index is -1.02. The van der Waals surface area contributed by atoms with E-state index in [0.717, 1.165) is 18.2 Å². The summed E-state index contributed by atoms with van der Waals surface area (Å²) >= 11 is 6.00. The second-order valence-electron chi connectivity index (χ2n) is 4.65. The Kier molecular flexibility index (Phi) is 4.27. The summed E-state index contributed by atoms with van der Waals surface area (Å²) in [7, 11) is 0. The van der Waals surface area contributed by atoms with Gasteiger partial charge in [0.05, 0.1) is 5.02 Å². The molecule has 0 amide bonds. The Morgan fingerprint density at radius 2 is 2.05 bits per heavy atom. The number of para-hydroxylation sites is 1. The highest BCUT2D eigenvalue weighted by Crippen LogP contribution is 2.28. The number of aliphatic hydroxyl groups excluding tert-OH is 1. The first kappa shape index (κ1) is 14.1. The van der Waals surface area contributed by atoms with Crippen molar-refractivity contribution in [3.05, 3.63) is 35.0 Å². The number of aliphatic hydroxyl groups is 1. The first-order valence-corrected chi connectivity index (χ1v) is 6.86. The molecule has 1 unspecified atom stereocenters. The smallest absolute Gasteiger partial charge is 0.226 e. The van der Waals surface area contributed by atoms with Gasteiger partial charge in [-0.05, 0) is 18.1 Å². The maximum absolute atomic E-state index is 12.2. The quantitative estimate of drug-likeness (QED) is 0.840. The molecule has 0 saturated carbocycles. The van der Waals surface area contributed by atoms with Gasteiger partial charge in [-0.15, -0.1) is 0 Å². The zero-order valence-electron chi connectivity index (χ0n) is 11.0. The molecule has 1 N–H and O–H groups in total. The van der Waals surface area contributed by atoms with Gasteiger partial charge in [0.1, 0.15) is 6.10 Å². The molecule has 0 bridgehead atoms. The Hall–Kier alpha value is -1.32. The number of benzene rings is 1. The largest absolute Gasteiger partial charge is 0.451 e. The highest BCUT2D eigenvalue weighted by Gasteiger charge is 2.27. The number of ketones is 1. The van der Waals surface area contributed by atoms with Crippen LogP contribution in [0, 0.1) is 5.92 Å². The number of fused-ring (bicyclic) bond motifs is 1. The summed E-state index contributed by atoms with van der Waals surface area (Å²) < 4.78 is 5.48. The van der Waals surface area contributed by atoms with Gasteiger partial charge in [0.2, 0.25) is 5.78 Å². The van der Waals surface area contributed by atoms with Gasteiger partial charge < -0.3 is 9.52 Å². The number of hydrogen-bond donors (Lipinski definition) is 1. The number of carbonyl (C=O) groups excluding carboxylic acids is 1. The minimum Gasteiger partial charge on any atom is -0.451 e. The van der Waals surface area contributed by atoms with Gasteiger partial charge in [-0.1, -0.05) is 50.4 Å². The van der Waals surface area contributed by atoms with Crippen LogP contribution in [-0.4, -0.2) is 17.0 Å². The number of carbonyl (C=O) groups is 1. The lowest BCUT2D eigenvalue weighted by Crippen LogP contribution is -2.28. The molecule has 0 aliphatic rings. The van der Waals surface area contributed by atoms with Crippen LogP contribution in [0.4, 0.5) is 0 Å². The highest BCUT2D eigenvalue weighted by atomic mass is 35.5. The molecule has 0 aliphatic carbocycles. The fraction of sp³-hybridized carbons (Fsp3) is 0.400. The Morgan fingerprint density at radius 1 is 1.37 bits per heavy atom. The molecule has 1 heterocycles. The van der Waals surface area contributed by atoms with Gasteiger partial charge in [0.25, 0.3) is 0 Å². The molecule has 19 heavy (non-hydrogen) atoms. The molecular weight excluding hydrogens is 264 g/mol. The third kappa shape index (κ3) is 2.67. The fourth-order valence-corrected chi connectivity index (χ4v) is 2.46. The van der Waals surface area contributed by atoms with Crippen LogP contribution in [0.1, 0.15) is 37.2 Å². The molecule has 102 valence electrons. The maximum atomic E-state index is 12.2. The van der Waals surface area contributed by atoms with E-state index in [-0.39, 0.29) is 17.5 Å². The van der Waals surface area contributed by atoms with Crippen molar-refractivity contribution >= 4 is 28.4 Å². The van der Waals surface area contributed by atoms with Crippen LogP contribution in [0.3, 0.4) is 0 Å². The standard InChI is InChI=1S/C15H17ClO3/c1-3-9(4-2)13(17)14(18)12-8-10-6-5-7-11(16)15(10)19-12/h5-9,13,17H,3-4H2,1-2H3. The van der Waals surface area contributed by atoms with Crippen molar-refractivity contribution in [3.63, 3.8) is 0 Å². The number of rotatable bonds is 5. The first-order valence-electron chi connectivity index (χ1n) is 6.48. The third-order valence-electron chi connectivity index (χ3n) is 3.50. The van der Waals surface area contributed by atoms with E-state index in [1.165, 1.54) is 0 Å². The van der Waals surface area contributed by atoms with Crippen molar-refractivity contribution in [2.45, 2.75) is 32.8 Å². The van der Waals surface area contributed by atoms with Crippen LogP contribution in [0.2, 0.25) is 5.02 Å². The Balaban J connectivity index is 2.34. The second-order valence-corrected chi connectivity index (χ2v) is 5.06. The van der Waals surface area contributed by atoms with Gasteiger partial charge in [-0.2, -0.15) is 0 Å². The number of halogens is 1. The SMILES string of the molecule is CCC(CC)C(O)C(=O)c1cc2cccc(Cl)c2o1. The second kappa shape index (κ2) is 5.76. The number of Topliss-reactive ketones (excluding diaryl/α,β-unsaturated/α-hetero) is 1. The third-order valence-corrected chi connectivity index (χ3v) is 3.80. The molecule has 0 aliphatic heterocycles. The van der Waals surface area contributed by atoms with Crippen LogP contribution in [0.5, 0.6) is 0 Å². The van der Waals surface area contributed by atoms with Gasteiger partial charge in [-0.25, -0.2) is 0 Å². The van der Waals surface area contributed by atoms with E-state index < -0.39 is 6.10 Å². The van der Waals surface area contributed by atoms with Crippen molar-refractivity contribution in [1.82, 2.24) is 0 Å². The summed E-state index contributed by atoms with van der Waals surface area (Å²) in [5.41, 5.74) is 0.490. The van der Waals surface area contributed by atoms with Crippen molar-refractivity contribution in [1.29, 1.82) is 0 Å². The molecule has 0 fully saturated rings. The summed E-state index contributed by atoms with van der Waals surface area (Å²) in [4.78, 5) is 12.2. The molecule has 1 aromatic heterocycles. The lowest BCUT2D eigenvalue weighted by atomic mass is 9.93. The zero-order chi connectivity index (χ0) is 14.0. The zero-order valence-corrected chi connectivity index (χ0v) is 11.8. The van der Waals surface area contributed by atoms with E-state index in [0.29, 0.717) is 10.6 Å². The summed E-state index contributed by atoms with van der Waals surface area (Å²) in [6, 6.07) is 6.96. The maximum Gasteiger partial charge on any atom is 0.226 e. The van der Waals surface area contributed by atoms with E-state index in [1.54, 1.807) is 18.2 Å². The monoisotopic (exact) mass is 280 g/mol. The van der Waals surface area contributed by atoms with Crippen LogP contribution >= 0.6 is 11.6 Å². The Morgan fingerprint density at radius 3 is 2.63 bits per heavy atom.